The van der Waals surface area contributed by atoms with Crippen LogP contribution in [-0.4, -0.2) is 39.5 Å². The highest BCUT2D eigenvalue weighted by Crippen LogP contribution is 2.14. The second-order valence-corrected chi connectivity index (χ2v) is 7.20. The third-order valence-corrected chi connectivity index (χ3v) is 5.10. The highest BCUT2D eigenvalue weighted by molar-refractivity contribution is 7.89. The number of hydrogen-bond acceptors (Lipinski definition) is 4. The van der Waals surface area contributed by atoms with Gasteiger partial charge in [-0.3, -0.25) is 9.98 Å². The van der Waals surface area contributed by atoms with E-state index in [9.17, 15) is 8.42 Å². The highest BCUT2D eigenvalue weighted by atomic mass is 35.5. The number of rotatable bonds is 7. The molecule has 7 nitrogen and oxygen atoms in total. The van der Waals surface area contributed by atoms with Gasteiger partial charge >= 0.3 is 0 Å². The molecule has 0 saturated heterocycles. The van der Waals surface area contributed by atoms with Gasteiger partial charge in [-0.1, -0.05) is 29.8 Å². The van der Waals surface area contributed by atoms with E-state index in [0.717, 1.165) is 5.56 Å². The van der Waals surface area contributed by atoms with Crippen molar-refractivity contribution in [3.8, 4) is 0 Å². The minimum atomic E-state index is -3.56. The minimum absolute atomic E-state index is 0.135. The van der Waals surface area contributed by atoms with Crippen molar-refractivity contribution in [2.75, 3.05) is 20.1 Å². The molecular weight excluding hydrogens is 362 g/mol. The summed E-state index contributed by atoms with van der Waals surface area (Å²) in [6.07, 6.45) is 2.83. The molecule has 3 N–H and O–H groups in total. The van der Waals surface area contributed by atoms with Gasteiger partial charge in [0.25, 0.3) is 0 Å². The van der Waals surface area contributed by atoms with Crippen LogP contribution in [0.15, 0.2) is 58.7 Å². The SMILES string of the molecule is CN=C(NCCNS(=O)(=O)c1cccnc1)NCc1ccccc1Cl. The first-order valence-electron chi connectivity index (χ1n) is 7.60. The first-order chi connectivity index (χ1) is 12.0. The second-order valence-electron chi connectivity index (χ2n) is 5.03. The van der Waals surface area contributed by atoms with E-state index in [-0.39, 0.29) is 11.4 Å². The van der Waals surface area contributed by atoms with Crippen LogP contribution >= 0.6 is 11.6 Å². The van der Waals surface area contributed by atoms with E-state index in [0.29, 0.717) is 24.1 Å². The molecule has 0 radical (unpaired) electrons. The molecule has 0 fully saturated rings. The zero-order valence-corrected chi connectivity index (χ0v) is 15.3. The van der Waals surface area contributed by atoms with Gasteiger partial charge in [0.15, 0.2) is 5.96 Å². The summed E-state index contributed by atoms with van der Waals surface area (Å²) in [7, 11) is -1.92. The lowest BCUT2D eigenvalue weighted by atomic mass is 10.2. The zero-order valence-electron chi connectivity index (χ0n) is 13.7. The quantitative estimate of drug-likeness (QED) is 0.382. The summed E-state index contributed by atoms with van der Waals surface area (Å²) in [5, 5.41) is 6.84. The van der Waals surface area contributed by atoms with Crippen LogP contribution in [0.1, 0.15) is 5.56 Å². The maximum Gasteiger partial charge on any atom is 0.242 e. The Hall–Kier alpha value is -2.16. The number of hydrogen-bond donors (Lipinski definition) is 3. The number of guanidine groups is 1. The molecule has 1 heterocycles. The van der Waals surface area contributed by atoms with Gasteiger partial charge in [-0.25, -0.2) is 13.1 Å². The average molecular weight is 382 g/mol. The summed E-state index contributed by atoms with van der Waals surface area (Å²) in [6.45, 7) is 1.10. The Morgan fingerprint density at radius 3 is 2.64 bits per heavy atom. The minimum Gasteiger partial charge on any atom is -0.355 e. The van der Waals surface area contributed by atoms with Crippen molar-refractivity contribution < 1.29 is 8.42 Å². The fourth-order valence-corrected chi connectivity index (χ4v) is 3.19. The van der Waals surface area contributed by atoms with Crippen LogP contribution in [0.4, 0.5) is 0 Å². The third-order valence-electron chi connectivity index (χ3n) is 3.28. The molecule has 1 aromatic carbocycles. The number of nitrogens with one attached hydrogen (secondary N) is 3. The van der Waals surface area contributed by atoms with Crippen molar-refractivity contribution in [1.82, 2.24) is 20.3 Å². The van der Waals surface area contributed by atoms with E-state index in [1.807, 2.05) is 24.3 Å². The third kappa shape index (κ3) is 6.00. The van der Waals surface area contributed by atoms with Crippen LogP contribution in [-0.2, 0) is 16.6 Å². The average Bonchev–Trinajstić information content (AvgIpc) is 2.63. The van der Waals surface area contributed by atoms with Gasteiger partial charge in [-0.15, -0.1) is 0 Å². The number of halogens is 1. The molecule has 134 valence electrons. The van der Waals surface area contributed by atoms with E-state index in [1.165, 1.54) is 18.5 Å². The Morgan fingerprint density at radius 1 is 1.16 bits per heavy atom. The normalized spacial score (nSPS) is 12.0. The smallest absolute Gasteiger partial charge is 0.242 e. The Kier molecular flexibility index (Phi) is 7.17. The Labute approximate surface area is 152 Å². The number of benzene rings is 1. The summed E-state index contributed by atoms with van der Waals surface area (Å²) >= 11 is 6.10. The molecule has 9 heteroatoms. The molecule has 0 aliphatic heterocycles. The maximum absolute atomic E-state index is 12.1. The van der Waals surface area contributed by atoms with E-state index in [1.54, 1.807) is 13.1 Å². The van der Waals surface area contributed by atoms with Crippen molar-refractivity contribution in [2.24, 2.45) is 4.99 Å². The molecule has 0 aliphatic rings. The van der Waals surface area contributed by atoms with Gasteiger partial charge in [-0.05, 0) is 23.8 Å². The van der Waals surface area contributed by atoms with Gasteiger partial charge in [0, 0.05) is 44.1 Å². The first-order valence-corrected chi connectivity index (χ1v) is 9.46. The molecule has 0 unspecified atom stereocenters. The summed E-state index contributed by atoms with van der Waals surface area (Å²) < 4.78 is 26.6. The molecular formula is C16H20ClN5O2S. The van der Waals surface area contributed by atoms with E-state index in [4.69, 9.17) is 11.6 Å². The molecule has 2 aromatic rings. The molecule has 0 bridgehead atoms. The number of aromatic nitrogens is 1. The van der Waals surface area contributed by atoms with Crippen LogP contribution in [0.5, 0.6) is 0 Å². The van der Waals surface area contributed by atoms with Crippen LogP contribution in [0.3, 0.4) is 0 Å². The lowest BCUT2D eigenvalue weighted by molar-refractivity contribution is 0.580. The molecule has 0 aliphatic carbocycles. The topological polar surface area (TPSA) is 95.5 Å². The molecule has 0 spiro atoms. The zero-order chi connectivity index (χ0) is 18.1. The van der Waals surface area contributed by atoms with Crippen molar-refractivity contribution >= 4 is 27.6 Å². The van der Waals surface area contributed by atoms with Crippen molar-refractivity contribution in [1.29, 1.82) is 0 Å². The van der Waals surface area contributed by atoms with E-state index >= 15 is 0 Å². The monoisotopic (exact) mass is 381 g/mol. The Balaban J connectivity index is 1.77. The summed E-state index contributed by atoms with van der Waals surface area (Å²) in [6, 6.07) is 10.6. The molecule has 0 atom stereocenters. The van der Waals surface area contributed by atoms with Crippen LogP contribution in [0.2, 0.25) is 5.02 Å². The first kappa shape index (κ1) is 19.2. The molecule has 2 rings (SSSR count). The van der Waals surface area contributed by atoms with Gasteiger partial charge in [-0.2, -0.15) is 0 Å². The largest absolute Gasteiger partial charge is 0.355 e. The number of aliphatic imine (C=N–C) groups is 1. The number of pyridine rings is 1. The molecule has 0 saturated carbocycles. The number of nitrogens with zero attached hydrogens (tertiary/aromatic N) is 2. The van der Waals surface area contributed by atoms with Gasteiger partial charge < -0.3 is 10.6 Å². The summed E-state index contributed by atoms with van der Waals surface area (Å²) in [5.74, 6) is 0.556. The molecule has 25 heavy (non-hydrogen) atoms. The van der Waals surface area contributed by atoms with Crippen LogP contribution in [0, 0.1) is 0 Å². The standard InChI is InChI=1S/C16H20ClN5O2S/c1-18-16(21-11-13-5-2-3-7-15(13)17)20-9-10-22-25(23,24)14-6-4-8-19-12-14/h2-8,12,22H,9-11H2,1H3,(H2,18,20,21). The summed E-state index contributed by atoms with van der Waals surface area (Å²) in [5.41, 5.74) is 0.949. The van der Waals surface area contributed by atoms with Gasteiger partial charge in [0.1, 0.15) is 4.90 Å². The molecule has 0 amide bonds. The fraction of sp³-hybridized carbons (Fsp3) is 0.250. The summed E-state index contributed by atoms with van der Waals surface area (Å²) in [4.78, 5) is 8.03. The molecule has 1 aromatic heterocycles. The second kappa shape index (κ2) is 9.36. The lowest BCUT2D eigenvalue weighted by Crippen LogP contribution is -2.41. The van der Waals surface area contributed by atoms with Crippen LogP contribution in [0.25, 0.3) is 0 Å². The van der Waals surface area contributed by atoms with Crippen molar-refractivity contribution in [2.45, 2.75) is 11.4 Å². The van der Waals surface area contributed by atoms with Crippen molar-refractivity contribution in [3.63, 3.8) is 0 Å². The fourth-order valence-electron chi connectivity index (χ4n) is 2.00. The van der Waals surface area contributed by atoms with Crippen molar-refractivity contribution in [3.05, 3.63) is 59.4 Å². The predicted octanol–water partition coefficient (Wildman–Crippen LogP) is 1.38. The highest BCUT2D eigenvalue weighted by Gasteiger charge is 2.12. The van der Waals surface area contributed by atoms with Gasteiger partial charge in [0.05, 0.1) is 0 Å². The Bertz CT molecular complexity index is 812. The number of sulfonamides is 1. The maximum atomic E-state index is 12.1. The van der Waals surface area contributed by atoms with Crippen LogP contribution < -0.4 is 15.4 Å². The van der Waals surface area contributed by atoms with Gasteiger partial charge in [0.2, 0.25) is 10.0 Å². The Morgan fingerprint density at radius 2 is 1.96 bits per heavy atom. The van der Waals surface area contributed by atoms with E-state index < -0.39 is 10.0 Å². The van der Waals surface area contributed by atoms with E-state index in [2.05, 4.69) is 25.3 Å². The predicted molar refractivity (Wildman–Crippen MR) is 99.1 cm³/mol. The lowest BCUT2D eigenvalue weighted by Gasteiger charge is -2.13.